The largest absolute Gasteiger partial charge is 0.390 e. The topological polar surface area (TPSA) is 110 Å². The van der Waals surface area contributed by atoms with E-state index in [-0.39, 0.29) is 12.0 Å². The van der Waals surface area contributed by atoms with Crippen molar-refractivity contribution >= 4 is 28.5 Å². The fourth-order valence-corrected chi connectivity index (χ4v) is 3.72. The monoisotopic (exact) mass is 359 g/mol. The van der Waals surface area contributed by atoms with Gasteiger partial charge in [-0.3, -0.25) is 0 Å². The third kappa shape index (κ3) is 2.84. The molecule has 0 unspecified atom stereocenters. The summed E-state index contributed by atoms with van der Waals surface area (Å²) in [7, 11) is 0. The average molecular weight is 360 g/mol. The summed E-state index contributed by atoms with van der Waals surface area (Å²) in [6.07, 6.45) is 2.46. The summed E-state index contributed by atoms with van der Waals surface area (Å²) in [4.78, 5) is 8.18. The minimum atomic E-state index is -0.920. The fourth-order valence-electron chi connectivity index (χ4n) is 3.59. The molecule has 1 saturated carbocycles. The summed E-state index contributed by atoms with van der Waals surface area (Å²) in [6, 6.07) is 7.16. The van der Waals surface area contributed by atoms with E-state index in [9.17, 15) is 10.2 Å². The van der Waals surface area contributed by atoms with Crippen molar-refractivity contribution in [1.29, 1.82) is 0 Å². The Hall–Kier alpha value is -2.22. The van der Waals surface area contributed by atoms with Crippen LogP contribution >= 0.6 is 11.6 Å². The smallest absolute Gasteiger partial charge is 0.163 e. The molecule has 3 aromatic rings. The van der Waals surface area contributed by atoms with Gasteiger partial charge in [-0.15, -0.1) is 0 Å². The van der Waals surface area contributed by atoms with Crippen LogP contribution in [0.5, 0.6) is 0 Å². The van der Waals surface area contributed by atoms with Crippen LogP contribution in [0.1, 0.15) is 18.0 Å². The summed E-state index contributed by atoms with van der Waals surface area (Å²) in [5.74, 6) is 0.265. The van der Waals surface area contributed by atoms with E-state index in [4.69, 9.17) is 17.3 Å². The Morgan fingerprint density at radius 1 is 1.16 bits per heavy atom. The Morgan fingerprint density at radius 2 is 1.92 bits per heavy atom. The molecular formula is C17H18ClN5O2. The second-order valence-electron chi connectivity index (χ2n) is 6.46. The number of hydrogen-bond acceptors (Lipinski definition) is 6. The summed E-state index contributed by atoms with van der Waals surface area (Å²) in [6.45, 7) is 0. The molecule has 1 fully saturated rings. The van der Waals surface area contributed by atoms with Crippen LogP contribution < -0.4 is 5.73 Å². The molecule has 4 atom stereocenters. The number of fused-ring (bicyclic) bond motifs is 1. The number of rotatable bonds is 3. The van der Waals surface area contributed by atoms with Crippen molar-refractivity contribution in [2.24, 2.45) is 5.92 Å². The van der Waals surface area contributed by atoms with E-state index in [1.165, 1.54) is 6.33 Å². The van der Waals surface area contributed by atoms with Crippen molar-refractivity contribution in [2.45, 2.75) is 31.1 Å². The van der Waals surface area contributed by atoms with Gasteiger partial charge in [-0.2, -0.15) is 5.10 Å². The number of aliphatic hydroxyl groups is 2. The molecule has 25 heavy (non-hydrogen) atoms. The summed E-state index contributed by atoms with van der Waals surface area (Å²) < 4.78 is 1.64. The molecule has 0 amide bonds. The van der Waals surface area contributed by atoms with E-state index in [1.54, 1.807) is 10.9 Å². The zero-order chi connectivity index (χ0) is 17.6. The maximum atomic E-state index is 10.5. The first kappa shape index (κ1) is 16.3. The molecule has 1 aliphatic rings. The molecule has 8 heteroatoms. The SMILES string of the molecule is Nc1ncnc2c1cnn2[C@@H]1C[C@H](Cc2ccc(Cl)cc2)[C@@H](O)[C@H]1O. The molecule has 0 bridgehead atoms. The molecule has 0 radical (unpaired) electrons. The zero-order valence-electron chi connectivity index (χ0n) is 13.3. The first-order chi connectivity index (χ1) is 12.0. The predicted molar refractivity (Wildman–Crippen MR) is 94.0 cm³/mol. The average Bonchev–Trinajstić information content (AvgIpc) is 3.14. The van der Waals surface area contributed by atoms with Gasteiger partial charge in [-0.25, -0.2) is 14.6 Å². The number of aliphatic hydroxyl groups excluding tert-OH is 2. The lowest BCUT2D eigenvalue weighted by Crippen LogP contribution is -2.30. The molecule has 1 aliphatic carbocycles. The molecule has 2 aromatic heterocycles. The van der Waals surface area contributed by atoms with Gasteiger partial charge in [-0.1, -0.05) is 23.7 Å². The number of nitrogens with two attached hydrogens (primary N) is 1. The number of nitrogen functional groups attached to an aromatic ring is 1. The number of hydrogen-bond donors (Lipinski definition) is 3. The molecule has 0 saturated heterocycles. The van der Waals surface area contributed by atoms with Gasteiger partial charge in [0.15, 0.2) is 5.65 Å². The quantitative estimate of drug-likeness (QED) is 0.655. The molecule has 2 heterocycles. The van der Waals surface area contributed by atoms with Crippen LogP contribution in [0, 0.1) is 5.92 Å². The lowest BCUT2D eigenvalue weighted by atomic mass is 9.96. The van der Waals surface area contributed by atoms with Crippen molar-refractivity contribution in [2.75, 3.05) is 5.73 Å². The molecule has 130 valence electrons. The minimum absolute atomic E-state index is 0.0837. The Morgan fingerprint density at radius 3 is 2.68 bits per heavy atom. The Balaban J connectivity index is 1.61. The van der Waals surface area contributed by atoms with Gasteiger partial charge >= 0.3 is 0 Å². The summed E-state index contributed by atoms with van der Waals surface area (Å²) in [5, 5.41) is 26.7. The zero-order valence-corrected chi connectivity index (χ0v) is 14.1. The highest BCUT2D eigenvalue weighted by Crippen LogP contribution is 2.38. The predicted octanol–water partition coefficient (Wildman–Crippen LogP) is 1.59. The van der Waals surface area contributed by atoms with Crippen LogP contribution in [0.3, 0.4) is 0 Å². The molecule has 4 N–H and O–H groups in total. The molecule has 1 aromatic carbocycles. The Kier molecular flexibility index (Phi) is 4.07. The third-order valence-electron chi connectivity index (χ3n) is 4.92. The van der Waals surface area contributed by atoms with Crippen LogP contribution in [-0.4, -0.2) is 42.2 Å². The number of anilines is 1. The third-order valence-corrected chi connectivity index (χ3v) is 5.17. The number of benzene rings is 1. The van der Waals surface area contributed by atoms with Gasteiger partial charge in [0, 0.05) is 5.02 Å². The maximum absolute atomic E-state index is 10.5. The number of aromatic nitrogens is 4. The van der Waals surface area contributed by atoms with E-state index >= 15 is 0 Å². The molecule has 0 spiro atoms. The molecule has 7 nitrogen and oxygen atoms in total. The highest BCUT2D eigenvalue weighted by atomic mass is 35.5. The van der Waals surface area contributed by atoms with E-state index in [2.05, 4.69) is 15.1 Å². The van der Waals surface area contributed by atoms with Crippen LogP contribution in [0.4, 0.5) is 5.82 Å². The molecule has 4 rings (SSSR count). The van der Waals surface area contributed by atoms with Crippen LogP contribution in [-0.2, 0) is 6.42 Å². The van der Waals surface area contributed by atoms with Gasteiger partial charge in [-0.05, 0) is 36.5 Å². The van der Waals surface area contributed by atoms with Gasteiger partial charge < -0.3 is 15.9 Å². The summed E-state index contributed by atoms with van der Waals surface area (Å²) >= 11 is 5.92. The first-order valence-electron chi connectivity index (χ1n) is 8.09. The van der Waals surface area contributed by atoms with E-state index in [0.29, 0.717) is 34.7 Å². The van der Waals surface area contributed by atoms with Gasteiger partial charge in [0.2, 0.25) is 0 Å². The maximum Gasteiger partial charge on any atom is 0.163 e. The normalized spacial score (nSPS) is 26.4. The second kappa shape index (κ2) is 6.25. The highest BCUT2D eigenvalue weighted by molar-refractivity contribution is 6.30. The Bertz CT molecular complexity index is 898. The van der Waals surface area contributed by atoms with Crippen LogP contribution in [0.25, 0.3) is 11.0 Å². The van der Waals surface area contributed by atoms with Crippen molar-refractivity contribution in [3.8, 4) is 0 Å². The lowest BCUT2D eigenvalue weighted by Gasteiger charge is -2.17. The lowest BCUT2D eigenvalue weighted by molar-refractivity contribution is 0.00518. The van der Waals surface area contributed by atoms with Gasteiger partial charge in [0.1, 0.15) is 18.2 Å². The first-order valence-corrected chi connectivity index (χ1v) is 8.46. The standard InChI is InChI=1S/C17H18ClN5O2/c18-11-3-1-9(2-4-11)5-10-6-13(15(25)14(10)24)23-17-12(7-22-23)16(19)20-8-21-17/h1-4,7-8,10,13-15,24-25H,5-6H2,(H2,19,20,21)/t10-,13+,14+,15-/m0/s1. The number of halogens is 1. The molecule has 0 aliphatic heterocycles. The van der Waals surface area contributed by atoms with E-state index < -0.39 is 12.2 Å². The number of nitrogens with zero attached hydrogens (tertiary/aromatic N) is 4. The van der Waals surface area contributed by atoms with Gasteiger partial charge in [0.25, 0.3) is 0 Å². The Labute approximate surface area is 149 Å². The highest BCUT2D eigenvalue weighted by Gasteiger charge is 2.43. The van der Waals surface area contributed by atoms with E-state index in [0.717, 1.165) is 5.56 Å². The van der Waals surface area contributed by atoms with Crippen molar-refractivity contribution in [3.63, 3.8) is 0 Å². The summed E-state index contributed by atoms with van der Waals surface area (Å²) in [5.41, 5.74) is 7.48. The van der Waals surface area contributed by atoms with Crippen molar-refractivity contribution < 1.29 is 10.2 Å². The van der Waals surface area contributed by atoms with E-state index in [1.807, 2.05) is 24.3 Å². The van der Waals surface area contributed by atoms with Crippen LogP contribution in [0.2, 0.25) is 5.02 Å². The second-order valence-corrected chi connectivity index (χ2v) is 6.90. The fraction of sp³-hybridized carbons (Fsp3) is 0.353. The van der Waals surface area contributed by atoms with Crippen molar-refractivity contribution in [3.05, 3.63) is 47.4 Å². The minimum Gasteiger partial charge on any atom is -0.390 e. The van der Waals surface area contributed by atoms with Crippen LogP contribution in [0.15, 0.2) is 36.8 Å². The van der Waals surface area contributed by atoms with Crippen molar-refractivity contribution in [1.82, 2.24) is 19.7 Å². The van der Waals surface area contributed by atoms with Gasteiger partial charge in [0.05, 0.1) is 23.7 Å². The molecular weight excluding hydrogens is 342 g/mol.